The van der Waals surface area contributed by atoms with Crippen molar-refractivity contribution in [2.24, 2.45) is 17.3 Å². The van der Waals surface area contributed by atoms with E-state index in [9.17, 15) is 14.7 Å². The van der Waals surface area contributed by atoms with Gasteiger partial charge in [0.2, 0.25) is 5.91 Å². The summed E-state index contributed by atoms with van der Waals surface area (Å²) in [5, 5.41) is 13.2. The van der Waals surface area contributed by atoms with Crippen molar-refractivity contribution < 1.29 is 14.7 Å². The summed E-state index contributed by atoms with van der Waals surface area (Å²) >= 11 is 0. The normalized spacial score (nSPS) is 34.1. The lowest BCUT2D eigenvalue weighted by Gasteiger charge is -2.32. The smallest absolute Gasteiger partial charge is 0.222 e. The van der Waals surface area contributed by atoms with Crippen LogP contribution < -0.4 is 5.32 Å². The van der Waals surface area contributed by atoms with E-state index in [4.69, 9.17) is 0 Å². The summed E-state index contributed by atoms with van der Waals surface area (Å²) in [5.41, 5.74) is 0.258. The Bertz CT molecular complexity index is 505. The van der Waals surface area contributed by atoms with Crippen molar-refractivity contribution in [3.63, 3.8) is 0 Å². The van der Waals surface area contributed by atoms with Gasteiger partial charge in [0.25, 0.3) is 0 Å². The molecule has 4 nitrogen and oxygen atoms in total. The first-order chi connectivity index (χ1) is 11.1. The number of hydrogen-bond acceptors (Lipinski definition) is 3. The molecule has 0 saturated carbocycles. The highest BCUT2D eigenvalue weighted by molar-refractivity contribution is 5.87. The second-order valence-corrected chi connectivity index (χ2v) is 7.77. The zero-order chi connectivity index (χ0) is 18.3. The van der Waals surface area contributed by atoms with Crippen LogP contribution in [0.2, 0.25) is 0 Å². The Labute approximate surface area is 146 Å². The molecule has 1 amide bonds. The summed E-state index contributed by atoms with van der Waals surface area (Å²) in [5.74, 6) is 0.0858. The lowest BCUT2D eigenvalue weighted by atomic mass is 9.74. The minimum Gasteiger partial charge on any atom is -0.392 e. The van der Waals surface area contributed by atoms with Gasteiger partial charge in [0.1, 0.15) is 5.78 Å². The lowest BCUT2D eigenvalue weighted by molar-refractivity contribution is -0.139. The number of hydrogen-bond donors (Lipinski definition) is 2. The molecular weight excluding hydrogens is 302 g/mol. The van der Waals surface area contributed by atoms with Gasteiger partial charge in [-0.05, 0) is 32.1 Å². The van der Waals surface area contributed by atoms with Crippen LogP contribution in [0.25, 0.3) is 0 Å². The number of rotatable bonds is 0. The molecule has 0 saturated heterocycles. The predicted molar refractivity (Wildman–Crippen MR) is 97.5 cm³/mol. The van der Waals surface area contributed by atoms with Crippen molar-refractivity contribution >= 4 is 11.7 Å². The minimum absolute atomic E-state index is 0.0294. The van der Waals surface area contributed by atoms with Crippen LogP contribution in [0.4, 0.5) is 0 Å². The van der Waals surface area contributed by atoms with Gasteiger partial charge in [-0.1, -0.05) is 51.5 Å². The van der Waals surface area contributed by atoms with Gasteiger partial charge in [0, 0.05) is 12.5 Å². The number of Topliss-reactive ketones (excluding diaryl/α,β-unsaturated/α-hetero) is 1. The molecule has 1 aliphatic heterocycles. The van der Waals surface area contributed by atoms with Crippen LogP contribution in [-0.2, 0) is 9.59 Å². The Hall–Kier alpha value is -1.42. The maximum atomic E-state index is 12.8. The predicted octanol–water partition coefficient (Wildman–Crippen LogP) is 3.41. The van der Waals surface area contributed by atoms with Gasteiger partial charge in [-0.25, -0.2) is 0 Å². The molecule has 0 aromatic carbocycles. The van der Waals surface area contributed by atoms with Gasteiger partial charge in [-0.15, -0.1) is 0 Å². The van der Waals surface area contributed by atoms with E-state index in [1.165, 1.54) is 5.57 Å². The summed E-state index contributed by atoms with van der Waals surface area (Å²) in [4.78, 5) is 24.7. The molecule has 0 aliphatic carbocycles. The molecule has 0 aromatic rings. The second-order valence-electron chi connectivity index (χ2n) is 7.77. The van der Waals surface area contributed by atoms with Gasteiger partial charge in [0.05, 0.1) is 17.9 Å². The molecule has 1 aliphatic rings. The summed E-state index contributed by atoms with van der Waals surface area (Å²) < 4.78 is 0. The average Bonchev–Trinajstić information content (AvgIpc) is 2.49. The van der Waals surface area contributed by atoms with Crippen LogP contribution in [0.15, 0.2) is 23.8 Å². The topological polar surface area (TPSA) is 66.4 Å². The Kier molecular flexibility index (Phi) is 7.88. The van der Waals surface area contributed by atoms with E-state index >= 15 is 0 Å². The van der Waals surface area contributed by atoms with E-state index in [2.05, 4.69) is 30.5 Å². The van der Waals surface area contributed by atoms with E-state index in [1.54, 1.807) is 13.8 Å². The molecule has 1 rings (SSSR count). The van der Waals surface area contributed by atoms with Crippen LogP contribution in [0.1, 0.15) is 60.3 Å². The monoisotopic (exact) mass is 335 g/mol. The summed E-state index contributed by atoms with van der Waals surface area (Å²) in [6.45, 7) is 10.1. The first kappa shape index (κ1) is 20.6. The van der Waals surface area contributed by atoms with E-state index in [0.717, 1.165) is 19.3 Å². The largest absolute Gasteiger partial charge is 0.392 e. The maximum Gasteiger partial charge on any atom is 0.222 e. The lowest BCUT2D eigenvalue weighted by Crippen LogP contribution is -2.43. The SMILES string of the molecule is CC1=C/CCNC(=O)CC(O)C(C)(C)C(=O)C(C)CC(C)C\C=C\1. The molecule has 1 heterocycles. The molecule has 0 fully saturated rings. The average molecular weight is 335 g/mol. The van der Waals surface area contributed by atoms with E-state index in [0.29, 0.717) is 12.5 Å². The van der Waals surface area contributed by atoms with Crippen LogP contribution in [0.3, 0.4) is 0 Å². The van der Waals surface area contributed by atoms with E-state index in [-0.39, 0.29) is 24.0 Å². The molecular formula is C20H33NO3. The van der Waals surface area contributed by atoms with Crippen LogP contribution in [-0.4, -0.2) is 29.4 Å². The van der Waals surface area contributed by atoms with Crippen molar-refractivity contribution in [3.05, 3.63) is 23.8 Å². The number of amides is 1. The number of aliphatic hydroxyl groups excluding tert-OH is 1. The Morgan fingerprint density at radius 3 is 2.58 bits per heavy atom. The second kappa shape index (κ2) is 9.16. The number of allylic oxidation sites excluding steroid dienone is 3. The van der Waals surface area contributed by atoms with Gasteiger partial charge < -0.3 is 10.4 Å². The maximum absolute atomic E-state index is 12.8. The molecule has 0 aromatic heterocycles. The number of nitrogens with one attached hydrogen (secondary N) is 1. The minimum atomic E-state index is -0.965. The first-order valence-electron chi connectivity index (χ1n) is 8.97. The molecule has 3 unspecified atom stereocenters. The molecule has 2 N–H and O–H groups in total. The van der Waals surface area contributed by atoms with Gasteiger partial charge in [0.15, 0.2) is 0 Å². The Balaban J connectivity index is 2.93. The first-order valence-corrected chi connectivity index (χ1v) is 8.97. The fraction of sp³-hybridized carbons (Fsp3) is 0.700. The quantitative estimate of drug-likeness (QED) is 0.713. The highest BCUT2D eigenvalue weighted by Crippen LogP contribution is 2.31. The van der Waals surface area contributed by atoms with Crippen LogP contribution >= 0.6 is 0 Å². The number of carbonyl (C=O) groups is 2. The van der Waals surface area contributed by atoms with Crippen molar-refractivity contribution in [1.29, 1.82) is 0 Å². The van der Waals surface area contributed by atoms with E-state index in [1.807, 2.05) is 13.8 Å². The molecule has 0 bridgehead atoms. The Morgan fingerprint density at radius 1 is 1.25 bits per heavy atom. The van der Waals surface area contributed by atoms with Crippen molar-refractivity contribution in [2.45, 2.75) is 66.4 Å². The third-order valence-electron chi connectivity index (χ3n) is 4.90. The van der Waals surface area contributed by atoms with Gasteiger partial charge in [-0.3, -0.25) is 9.59 Å². The van der Waals surface area contributed by atoms with Crippen molar-refractivity contribution in [3.8, 4) is 0 Å². The third-order valence-corrected chi connectivity index (χ3v) is 4.90. The summed E-state index contributed by atoms with van der Waals surface area (Å²) in [6, 6.07) is 0. The fourth-order valence-electron chi connectivity index (χ4n) is 3.17. The van der Waals surface area contributed by atoms with Crippen LogP contribution in [0.5, 0.6) is 0 Å². The fourth-order valence-corrected chi connectivity index (χ4v) is 3.17. The molecule has 24 heavy (non-hydrogen) atoms. The molecule has 3 atom stereocenters. The van der Waals surface area contributed by atoms with Crippen LogP contribution in [0, 0.1) is 17.3 Å². The standard InChI is InChI=1S/C20H33NO3/c1-14-8-6-9-15(2)12-16(3)19(24)20(4,5)17(22)13-18(23)21-11-7-10-14/h6,8,10,15-17,22H,7,9,11-13H2,1-5H3,(H,21,23)/b8-6+,14-10-. The highest BCUT2D eigenvalue weighted by atomic mass is 16.3. The van der Waals surface area contributed by atoms with Crippen molar-refractivity contribution in [1.82, 2.24) is 5.32 Å². The van der Waals surface area contributed by atoms with Gasteiger partial charge >= 0.3 is 0 Å². The zero-order valence-electron chi connectivity index (χ0n) is 15.8. The number of ketones is 1. The summed E-state index contributed by atoms with van der Waals surface area (Å²) in [6.07, 6.45) is 7.82. The highest BCUT2D eigenvalue weighted by Gasteiger charge is 2.39. The molecule has 0 radical (unpaired) electrons. The van der Waals surface area contributed by atoms with E-state index < -0.39 is 11.5 Å². The number of carbonyl (C=O) groups excluding carboxylic acids is 2. The Morgan fingerprint density at radius 2 is 1.92 bits per heavy atom. The third kappa shape index (κ3) is 6.23. The van der Waals surface area contributed by atoms with Crippen molar-refractivity contribution in [2.75, 3.05) is 6.54 Å². The van der Waals surface area contributed by atoms with Gasteiger partial charge in [-0.2, -0.15) is 0 Å². The number of aliphatic hydroxyl groups is 1. The molecule has 0 spiro atoms. The molecule has 4 heteroatoms. The molecule has 136 valence electrons. The summed E-state index contributed by atoms with van der Waals surface area (Å²) in [7, 11) is 0. The zero-order valence-corrected chi connectivity index (χ0v) is 15.8.